The molecule has 40 heavy (non-hydrogen) atoms. The number of carbonyl (C=O) groups excluding carboxylic acids is 2. The van der Waals surface area contributed by atoms with Gasteiger partial charge in [0.25, 0.3) is 0 Å². The van der Waals surface area contributed by atoms with Crippen molar-refractivity contribution < 1.29 is 19.1 Å². The van der Waals surface area contributed by atoms with E-state index in [4.69, 9.17) is 55.7 Å². The molecule has 0 amide bonds. The lowest BCUT2D eigenvalue weighted by Crippen LogP contribution is -2.25. The third-order valence-corrected chi connectivity index (χ3v) is 6.23. The molecule has 0 aliphatic heterocycles. The zero-order valence-electron chi connectivity index (χ0n) is 21.3. The van der Waals surface area contributed by atoms with Gasteiger partial charge in [0, 0.05) is 13.1 Å². The normalized spacial score (nSPS) is 10.2. The van der Waals surface area contributed by atoms with Crippen LogP contribution in [0.3, 0.4) is 0 Å². The highest BCUT2D eigenvalue weighted by Gasteiger charge is 2.19. The van der Waals surface area contributed by atoms with Crippen LogP contribution in [0, 0.1) is 0 Å². The highest BCUT2D eigenvalue weighted by molar-refractivity contribution is 6.37. The molecule has 2 aromatic heterocycles. The van der Waals surface area contributed by atoms with Crippen molar-refractivity contribution in [1.82, 2.24) is 19.9 Å². The number of nitrogens with two attached hydrogens (primary N) is 2. The summed E-state index contributed by atoms with van der Waals surface area (Å²) in [5.41, 5.74) is 13.2. The van der Waals surface area contributed by atoms with Crippen LogP contribution in [0.4, 0.5) is 17.7 Å². The van der Waals surface area contributed by atoms with Gasteiger partial charge >= 0.3 is 0 Å². The fraction of sp³-hybridized carbons (Fsp3) is 0.154. The number of carbonyl (C=O) groups is 2. The molecule has 11 nitrogen and oxygen atoms in total. The van der Waals surface area contributed by atoms with Crippen molar-refractivity contribution in [3.05, 3.63) is 86.2 Å². The molecule has 0 aliphatic carbocycles. The molecule has 0 saturated heterocycles. The summed E-state index contributed by atoms with van der Waals surface area (Å²) in [7, 11) is 3.24. The van der Waals surface area contributed by atoms with E-state index >= 15 is 0 Å². The Morgan fingerprint density at radius 3 is 1.43 bits per heavy atom. The molecule has 14 heteroatoms. The molecular weight excluding hydrogens is 581 g/mol. The topological polar surface area (TPSA) is 159 Å². The van der Waals surface area contributed by atoms with E-state index in [9.17, 15) is 9.59 Å². The Kier molecular flexibility index (Phi) is 10.8. The summed E-state index contributed by atoms with van der Waals surface area (Å²) in [5, 5.41) is -0.0352. The Labute approximate surface area is 245 Å². The van der Waals surface area contributed by atoms with Crippen molar-refractivity contribution in [2.45, 2.75) is 13.1 Å². The minimum Gasteiger partial charge on any atom is -0.497 e. The molecule has 0 radical (unpaired) electrons. The quantitative estimate of drug-likeness (QED) is 0.197. The number of hydrogen-bond donors (Lipinski definition) is 2. The van der Waals surface area contributed by atoms with Crippen molar-refractivity contribution in [3.63, 3.8) is 0 Å². The fourth-order valence-corrected chi connectivity index (χ4v) is 4.13. The molecule has 4 rings (SSSR count). The Bertz CT molecular complexity index is 1400. The number of hydrogen-bond acceptors (Lipinski definition) is 11. The molecule has 2 heterocycles. The summed E-state index contributed by atoms with van der Waals surface area (Å²) < 4.78 is 10.4. The second-order valence-corrected chi connectivity index (χ2v) is 9.05. The number of methoxy groups -OCH3 is 2. The van der Waals surface area contributed by atoms with Crippen LogP contribution in [-0.4, -0.2) is 46.7 Å². The van der Waals surface area contributed by atoms with Crippen molar-refractivity contribution >= 4 is 65.1 Å². The maximum atomic E-state index is 11.7. The van der Waals surface area contributed by atoms with Gasteiger partial charge in [-0.1, -0.05) is 59.1 Å². The molecular formula is C26H24Cl3N7O4. The molecule has 4 aromatic rings. The van der Waals surface area contributed by atoms with Gasteiger partial charge in [0.15, 0.2) is 12.6 Å². The minimum atomic E-state index is -0.0504. The van der Waals surface area contributed by atoms with E-state index in [1.165, 1.54) is 0 Å². The first-order valence-corrected chi connectivity index (χ1v) is 12.5. The first kappa shape index (κ1) is 30.4. The number of halogens is 3. The smallest absolute Gasteiger partial charge is 0.223 e. The average Bonchev–Trinajstić information content (AvgIpc) is 2.93. The highest BCUT2D eigenvalue weighted by Crippen LogP contribution is 2.27. The number of rotatable bonds is 9. The summed E-state index contributed by atoms with van der Waals surface area (Å²) in [6.07, 6.45) is 1.12. The number of nitrogen functional groups attached to an aromatic ring is 2. The van der Waals surface area contributed by atoms with Crippen molar-refractivity contribution in [1.29, 1.82) is 0 Å². The number of nitrogens with zero attached hydrogens (tertiary/aromatic N) is 5. The molecule has 2 aromatic carbocycles. The van der Waals surface area contributed by atoms with Crippen molar-refractivity contribution in [2.75, 3.05) is 30.6 Å². The maximum Gasteiger partial charge on any atom is 0.223 e. The largest absolute Gasteiger partial charge is 0.497 e. The highest BCUT2D eigenvalue weighted by atomic mass is 35.5. The van der Waals surface area contributed by atoms with E-state index in [2.05, 4.69) is 19.9 Å². The van der Waals surface area contributed by atoms with Crippen LogP contribution >= 0.6 is 34.8 Å². The summed E-state index contributed by atoms with van der Waals surface area (Å²) in [6.45, 7) is 0.952. The molecule has 0 unspecified atom stereocenters. The third-order valence-electron chi connectivity index (χ3n) is 5.37. The monoisotopic (exact) mass is 603 g/mol. The minimum absolute atomic E-state index is 0.00469. The first-order chi connectivity index (χ1) is 19.2. The Morgan fingerprint density at radius 2 is 1.05 bits per heavy atom. The van der Waals surface area contributed by atoms with E-state index in [1.807, 2.05) is 53.4 Å². The number of aromatic nitrogens is 4. The van der Waals surface area contributed by atoms with E-state index in [0.717, 1.165) is 22.6 Å². The van der Waals surface area contributed by atoms with Gasteiger partial charge in [0.1, 0.15) is 32.8 Å². The molecule has 208 valence electrons. The standard InChI is InChI=1S/C21H21ClN4O3.C5H3Cl2N3O/c1-28-16-7-3-14(4-8-16)11-26(12-15-5-9-17(29-2)10-6-15)20-18(13-27)19(22)24-21(23)25-20;6-3-2(1-11)4(7)10-5(8)9-3/h3-10,13H,11-12H2,1-2H3,(H2,23,24,25);1H,(H2,8,9,10). The lowest BCUT2D eigenvalue weighted by atomic mass is 10.1. The number of aldehydes is 2. The van der Waals surface area contributed by atoms with E-state index < -0.39 is 0 Å². The number of benzene rings is 2. The van der Waals surface area contributed by atoms with Crippen LogP contribution in [0.15, 0.2) is 48.5 Å². The second-order valence-electron chi connectivity index (χ2n) is 7.97. The second kappa shape index (κ2) is 14.3. The first-order valence-electron chi connectivity index (χ1n) is 11.4. The van der Waals surface area contributed by atoms with Gasteiger partial charge in [-0.25, -0.2) is 15.0 Å². The predicted octanol–water partition coefficient (Wildman–Crippen LogP) is 4.93. The number of anilines is 3. The SMILES string of the molecule is COc1ccc(CN(Cc2ccc(OC)cc2)c2nc(N)nc(Cl)c2C=O)cc1.Nc1nc(Cl)c(C=O)c(Cl)n1. The van der Waals surface area contributed by atoms with Crippen molar-refractivity contribution in [3.8, 4) is 11.5 Å². The van der Waals surface area contributed by atoms with Crippen LogP contribution < -0.4 is 25.8 Å². The van der Waals surface area contributed by atoms with Crippen LogP contribution in [0.25, 0.3) is 0 Å². The number of ether oxygens (including phenoxy) is 2. The summed E-state index contributed by atoms with van der Waals surface area (Å²) in [5.74, 6) is 1.86. The molecule has 0 aliphatic rings. The summed E-state index contributed by atoms with van der Waals surface area (Å²) in [6, 6.07) is 15.3. The Morgan fingerprint density at radius 1 is 0.675 bits per heavy atom. The molecule has 4 N–H and O–H groups in total. The zero-order chi connectivity index (χ0) is 29.2. The van der Waals surface area contributed by atoms with Gasteiger partial charge < -0.3 is 25.8 Å². The van der Waals surface area contributed by atoms with Gasteiger partial charge in [-0.3, -0.25) is 9.59 Å². The Hall–Kier alpha value is -4.19. The summed E-state index contributed by atoms with van der Waals surface area (Å²) >= 11 is 17.1. The lowest BCUT2D eigenvalue weighted by Gasteiger charge is -2.26. The van der Waals surface area contributed by atoms with Crippen molar-refractivity contribution in [2.24, 2.45) is 0 Å². The molecule has 0 saturated carbocycles. The third kappa shape index (κ3) is 7.92. The van der Waals surface area contributed by atoms with E-state index in [1.54, 1.807) is 14.2 Å². The van der Waals surface area contributed by atoms with Gasteiger partial charge in [-0.15, -0.1) is 0 Å². The van der Waals surface area contributed by atoms with Crippen LogP contribution in [0.1, 0.15) is 31.8 Å². The lowest BCUT2D eigenvalue weighted by molar-refractivity contribution is 0.111. The van der Waals surface area contributed by atoms with Gasteiger partial charge in [-0.05, 0) is 35.4 Å². The van der Waals surface area contributed by atoms with E-state index in [0.29, 0.717) is 31.5 Å². The fourth-order valence-electron chi connectivity index (χ4n) is 3.43. The van der Waals surface area contributed by atoms with Crippen LogP contribution in [0.5, 0.6) is 11.5 Å². The zero-order valence-corrected chi connectivity index (χ0v) is 23.6. The molecule has 0 spiro atoms. The summed E-state index contributed by atoms with van der Waals surface area (Å²) in [4.78, 5) is 39.1. The van der Waals surface area contributed by atoms with Crippen LogP contribution in [0.2, 0.25) is 15.5 Å². The van der Waals surface area contributed by atoms with E-state index in [-0.39, 0.29) is 38.5 Å². The predicted molar refractivity (Wildman–Crippen MR) is 155 cm³/mol. The molecule has 0 fully saturated rings. The maximum absolute atomic E-state index is 11.7. The van der Waals surface area contributed by atoms with Gasteiger partial charge in [-0.2, -0.15) is 4.98 Å². The molecule has 0 bridgehead atoms. The van der Waals surface area contributed by atoms with Gasteiger partial charge in [0.05, 0.1) is 25.3 Å². The van der Waals surface area contributed by atoms with Gasteiger partial charge in [0.2, 0.25) is 11.9 Å². The molecule has 0 atom stereocenters. The van der Waals surface area contributed by atoms with Crippen LogP contribution in [-0.2, 0) is 13.1 Å². The Balaban J connectivity index is 0.000000336. The average molecular weight is 605 g/mol.